The maximum atomic E-state index is 4.82. The quantitative estimate of drug-likeness (QED) is 0.722. The average molecular weight is 317 g/mol. The molecule has 0 radical (unpaired) electrons. The van der Waals surface area contributed by atoms with E-state index in [0.717, 1.165) is 31.9 Å². The number of fused-ring (bicyclic) bond motifs is 1. The van der Waals surface area contributed by atoms with Gasteiger partial charge >= 0.3 is 0 Å². The summed E-state index contributed by atoms with van der Waals surface area (Å²) in [7, 11) is 0. The molecule has 4 rings (SSSR count). The maximum absolute atomic E-state index is 4.82. The molecule has 122 valence electrons. The zero-order valence-electron chi connectivity index (χ0n) is 14.4. The molecule has 0 spiro atoms. The molecule has 0 saturated heterocycles. The van der Waals surface area contributed by atoms with E-state index in [9.17, 15) is 0 Å². The third kappa shape index (κ3) is 3.00. The van der Waals surface area contributed by atoms with Crippen molar-refractivity contribution in [3.05, 3.63) is 77.0 Å². The van der Waals surface area contributed by atoms with E-state index in [1.54, 1.807) is 0 Å². The number of benzene rings is 2. The lowest BCUT2D eigenvalue weighted by molar-refractivity contribution is 0.205. The normalized spacial score (nSPS) is 14.6. The Morgan fingerprint density at radius 2 is 1.75 bits per heavy atom. The number of hydrogen-bond donors (Lipinski definition) is 0. The van der Waals surface area contributed by atoms with E-state index >= 15 is 0 Å². The van der Waals surface area contributed by atoms with Crippen LogP contribution in [0, 0.1) is 13.8 Å². The van der Waals surface area contributed by atoms with Gasteiger partial charge in [0.15, 0.2) is 0 Å². The van der Waals surface area contributed by atoms with Crippen LogP contribution in [0.4, 0.5) is 0 Å². The van der Waals surface area contributed by atoms with Crippen molar-refractivity contribution in [3.63, 3.8) is 0 Å². The van der Waals surface area contributed by atoms with Crippen molar-refractivity contribution >= 4 is 0 Å². The molecule has 24 heavy (non-hydrogen) atoms. The minimum absolute atomic E-state index is 0.965. The van der Waals surface area contributed by atoms with Crippen molar-refractivity contribution in [2.24, 2.45) is 0 Å². The third-order valence-corrected chi connectivity index (χ3v) is 4.93. The van der Waals surface area contributed by atoms with Crippen molar-refractivity contribution in [1.29, 1.82) is 0 Å². The molecular weight excluding hydrogens is 294 g/mol. The summed E-state index contributed by atoms with van der Waals surface area (Å²) in [6, 6.07) is 19.6. The van der Waals surface area contributed by atoms with Gasteiger partial charge in [0, 0.05) is 25.2 Å². The monoisotopic (exact) mass is 317 g/mol. The van der Waals surface area contributed by atoms with Crippen molar-refractivity contribution in [1.82, 2.24) is 14.7 Å². The lowest BCUT2D eigenvalue weighted by atomic mass is 10.0. The van der Waals surface area contributed by atoms with Crippen LogP contribution in [0.1, 0.15) is 22.4 Å². The zero-order valence-corrected chi connectivity index (χ0v) is 14.4. The fourth-order valence-corrected chi connectivity index (χ4v) is 3.34. The Morgan fingerprint density at radius 1 is 0.917 bits per heavy atom. The van der Waals surface area contributed by atoms with Crippen LogP contribution in [0.15, 0.2) is 54.6 Å². The molecule has 3 nitrogen and oxygen atoms in total. The lowest BCUT2D eigenvalue weighted by Crippen LogP contribution is -2.33. The van der Waals surface area contributed by atoms with Crippen LogP contribution in [0.3, 0.4) is 0 Å². The molecule has 0 aliphatic carbocycles. The fraction of sp³-hybridized carbons (Fsp3) is 0.286. The second-order valence-corrected chi connectivity index (χ2v) is 6.74. The Kier molecular flexibility index (Phi) is 3.95. The van der Waals surface area contributed by atoms with Gasteiger partial charge in [-0.3, -0.25) is 9.58 Å². The Hall–Kier alpha value is -2.39. The summed E-state index contributed by atoms with van der Waals surface area (Å²) >= 11 is 0. The van der Waals surface area contributed by atoms with Crippen LogP contribution in [0.2, 0.25) is 0 Å². The van der Waals surface area contributed by atoms with Gasteiger partial charge in [-0.15, -0.1) is 0 Å². The van der Waals surface area contributed by atoms with E-state index in [1.807, 2.05) is 0 Å². The van der Waals surface area contributed by atoms with Crippen molar-refractivity contribution in [2.75, 3.05) is 6.54 Å². The van der Waals surface area contributed by atoms with E-state index in [4.69, 9.17) is 5.10 Å². The Bertz CT molecular complexity index is 849. The molecular formula is C21H23N3. The van der Waals surface area contributed by atoms with Gasteiger partial charge in [-0.2, -0.15) is 5.10 Å². The number of aromatic nitrogens is 2. The highest BCUT2D eigenvalue weighted by molar-refractivity contribution is 5.61. The fourth-order valence-electron chi connectivity index (χ4n) is 3.34. The van der Waals surface area contributed by atoms with E-state index < -0.39 is 0 Å². The molecule has 0 fully saturated rings. The smallest absolute Gasteiger partial charge is 0.0926 e. The molecule has 2 aromatic carbocycles. The summed E-state index contributed by atoms with van der Waals surface area (Å²) in [6.07, 6.45) is 0. The van der Waals surface area contributed by atoms with E-state index in [0.29, 0.717) is 0 Å². The van der Waals surface area contributed by atoms with Gasteiger partial charge in [-0.25, -0.2) is 0 Å². The minimum Gasteiger partial charge on any atom is -0.291 e. The topological polar surface area (TPSA) is 21.1 Å². The second-order valence-electron chi connectivity index (χ2n) is 6.74. The first kappa shape index (κ1) is 15.2. The first-order valence-electron chi connectivity index (χ1n) is 8.60. The van der Waals surface area contributed by atoms with Crippen LogP contribution in [0.25, 0.3) is 11.3 Å². The highest BCUT2D eigenvalue weighted by atomic mass is 15.3. The van der Waals surface area contributed by atoms with Gasteiger partial charge in [0.2, 0.25) is 0 Å². The van der Waals surface area contributed by atoms with Gasteiger partial charge in [-0.1, -0.05) is 42.5 Å². The number of rotatable bonds is 3. The Morgan fingerprint density at radius 3 is 2.54 bits per heavy atom. The Balaban J connectivity index is 1.54. The molecule has 1 aromatic heterocycles. The van der Waals surface area contributed by atoms with Crippen LogP contribution >= 0.6 is 0 Å². The van der Waals surface area contributed by atoms with E-state index in [2.05, 4.69) is 78.0 Å². The minimum atomic E-state index is 0.965. The van der Waals surface area contributed by atoms with Crippen molar-refractivity contribution in [2.45, 2.75) is 33.5 Å². The second kappa shape index (κ2) is 6.25. The van der Waals surface area contributed by atoms with Crippen LogP contribution in [0.5, 0.6) is 0 Å². The molecule has 1 aliphatic heterocycles. The summed E-state index contributed by atoms with van der Waals surface area (Å²) < 4.78 is 2.17. The molecule has 0 bridgehead atoms. The summed E-state index contributed by atoms with van der Waals surface area (Å²) in [5.41, 5.74) is 7.65. The largest absolute Gasteiger partial charge is 0.291 e. The highest BCUT2D eigenvalue weighted by Crippen LogP contribution is 2.24. The predicted molar refractivity (Wildman–Crippen MR) is 97.7 cm³/mol. The summed E-state index contributed by atoms with van der Waals surface area (Å²) in [4.78, 5) is 2.50. The lowest BCUT2D eigenvalue weighted by Gasteiger charge is -2.27. The van der Waals surface area contributed by atoms with Gasteiger partial charge in [0.05, 0.1) is 17.9 Å². The molecule has 0 N–H and O–H groups in total. The molecule has 0 atom stereocenters. The first-order chi connectivity index (χ1) is 11.7. The van der Waals surface area contributed by atoms with E-state index in [1.165, 1.54) is 27.9 Å². The number of aryl methyl sites for hydroxylation is 2. The van der Waals surface area contributed by atoms with Gasteiger partial charge in [0.25, 0.3) is 0 Å². The molecule has 1 aliphatic rings. The molecule has 3 heteroatoms. The summed E-state index contributed by atoms with van der Waals surface area (Å²) in [5, 5.41) is 4.82. The predicted octanol–water partition coefficient (Wildman–Crippen LogP) is 4.18. The average Bonchev–Trinajstić information content (AvgIpc) is 3.01. The van der Waals surface area contributed by atoms with Gasteiger partial charge in [0.1, 0.15) is 0 Å². The van der Waals surface area contributed by atoms with Crippen LogP contribution in [-0.4, -0.2) is 21.2 Å². The third-order valence-electron chi connectivity index (χ3n) is 4.93. The summed E-state index contributed by atoms with van der Waals surface area (Å²) in [5.74, 6) is 0. The standard InChI is InChI=1S/C21H23N3/c1-16-8-9-19(12-17(16)2)21-13-20-15-23(10-11-24(20)22-21)14-18-6-4-3-5-7-18/h3-9,12-13H,10-11,14-15H2,1-2H3. The van der Waals surface area contributed by atoms with Crippen LogP contribution in [-0.2, 0) is 19.6 Å². The van der Waals surface area contributed by atoms with Gasteiger partial charge < -0.3 is 0 Å². The highest BCUT2D eigenvalue weighted by Gasteiger charge is 2.19. The SMILES string of the molecule is Cc1ccc(-c2cc3n(n2)CCN(Cc2ccccc2)C3)cc1C. The van der Waals surface area contributed by atoms with Crippen molar-refractivity contribution < 1.29 is 0 Å². The zero-order chi connectivity index (χ0) is 16.5. The number of hydrogen-bond acceptors (Lipinski definition) is 2. The first-order valence-corrected chi connectivity index (χ1v) is 8.60. The van der Waals surface area contributed by atoms with E-state index in [-0.39, 0.29) is 0 Å². The molecule has 3 aromatic rings. The Labute approximate surface area is 143 Å². The van der Waals surface area contributed by atoms with Crippen LogP contribution < -0.4 is 0 Å². The molecule has 0 amide bonds. The maximum Gasteiger partial charge on any atom is 0.0926 e. The molecule has 0 saturated carbocycles. The van der Waals surface area contributed by atoms with Gasteiger partial charge in [-0.05, 0) is 42.7 Å². The molecule has 2 heterocycles. The molecule has 0 unspecified atom stereocenters. The number of nitrogens with zero attached hydrogens (tertiary/aromatic N) is 3. The van der Waals surface area contributed by atoms with Crippen molar-refractivity contribution in [3.8, 4) is 11.3 Å². The summed E-state index contributed by atoms with van der Waals surface area (Å²) in [6.45, 7) is 8.30.